The lowest BCUT2D eigenvalue weighted by Crippen LogP contribution is -2.42. The molecule has 0 bridgehead atoms. The fourth-order valence-corrected chi connectivity index (χ4v) is 3.62. The van der Waals surface area contributed by atoms with Crippen LogP contribution in [0.4, 0.5) is 11.5 Å². The second-order valence-corrected chi connectivity index (χ2v) is 7.22. The molecule has 0 aliphatic rings. The standard InChI is InChI=1S/C19H20N4O3S/c1-13-6-8-14(9-7-13)23(12-15-5-4-10-27-15)17-16(11-20-26)18(24)22(3)19(25)21(17)2/h4-11,26H,12H2,1-3H3/b20-11+. The predicted molar refractivity (Wildman–Crippen MR) is 108 cm³/mol. The SMILES string of the molecule is Cc1ccc(N(Cc2cccs2)c2c(/C=N/O)c(=O)n(C)c(=O)n2C)cc1. The molecule has 2 aromatic heterocycles. The number of benzene rings is 1. The summed E-state index contributed by atoms with van der Waals surface area (Å²) in [5.41, 5.74) is 1.09. The highest BCUT2D eigenvalue weighted by Gasteiger charge is 2.22. The zero-order chi connectivity index (χ0) is 19.6. The Bertz CT molecular complexity index is 1080. The average Bonchev–Trinajstić information content (AvgIpc) is 3.17. The third kappa shape index (κ3) is 3.56. The van der Waals surface area contributed by atoms with Crippen LogP contribution in [-0.4, -0.2) is 20.6 Å². The van der Waals surface area contributed by atoms with Gasteiger partial charge in [-0.1, -0.05) is 28.9 Å². The molecule has 7 nitrogen and oxygen atoms in total. The lowest BCUT2D eigenvalue weighted by Gasteiger charge is -2.28. The van der Waals surface area contributed by atoms with E-state index in [1.807, 2.05) is 53.6 Å². The van der Waals surface area contributed by atoms with Crippen molar-refractivity contribution in [3.05, 3.63) is 78.6 Å². The van der Waals surface area contributed by atoms with Crippen molar-refractivity contribution >= 4 is 29.1 Å². The molecular formula is C19H20N4O3S. The normalized spacial score (nSPS) is 11.2. The highest BCUT2D eigenvalue weighted by molar-refractivity contribution is 7.09. The van der Waals surface area contributed by atoms with Gasteiger partial charge in [0.2, 0.25) is 0 Å². The van der Waals surface area contributed by atoms with Crippen LogP contribution in [0.3, 0.4) is 0 Å². The quantitative estimate of drug-likeness (QED) is 0.417. The number of hydrogen-bond acceptors (Lipinski definition) is 6. The van der Waals surface area contributed by atoms with Crippen LogP contribution >= 0.6 is 11.3 Å². The molecule has 0 saturated heterocycles. The van der Waals surface area contributed by atoms with E-state index >= 15 is 0 Å². The highest BCUT2D eigenvalue weighted by Crippen LogP contribution is 2.29. The second kappa shape index (κ2) is 7.63. The molecule has 0 spiro atoms. The van der Waals surface area contributed by atoms with Gasteiger partial charge in [0.25, 0.3) is 5.56 Å². The third-order valence-corrected chi connectivity index (χ3v) is 5.21. The van der Waals surface area contributed by atoms with Crippen LogP contribution in [0.5, 0.6) is 0 Å². The van der Waals surface area contributed by atoms with Crippen molar-refractivity contribution in [3.63, 3.8) is 0 Å². The van der Waals surface area contributed by atoms with Crippen LogP contribution in [0.15, 0.2) is 56.5 Å². The van der Waals surface area contributed by atoms with Gasteiger partial charge in [0, 0.05) is 24.7 Å². The van der Waals surface area contributed by atoms with E-state index in [2.05, 4.69) is 5.16 Å². The first-order chi connectivity index (χ1) is 12.9. The Morgan fingerprint density at radius 1 is 1.15 bits per heavy atom. The van der Waals surface area contributed by atoms with Crippen molar-refractivity contribution in [3.8, 4) is 0 Å². The van der Waals surface area contributed by atoms with Crippen LogP contribution in [0.1, 0.15) is 16.0 Å². The van der Waals surface area contributed by atoms with Gasteiger partial charge in [-0.25, -0.2) is 4.79 Å². The van der Waals surface area contributed by atoms with E-state index in [9.17, 15) is 9.59 Å². The molecule has 3 rings (SSSR count). The smallest absolute Gasteiger partial charge is 0.332 e. The molecule has 0 amide bonds. The average molecular weight is 384 g/mol. The van der Waals surface area contributed by atoms with Gasteiger partial charge in [0.05, 0.1) is 12.8 Å². The van der Waals surface area contributed by atoms with Gasteiger partial charge >= 0.3 is 5.69 Å². The third-order valence-electron chi connectivity index (χ3n) is 4.35. The monoisotopic (exact) mass is 384 g/mol. The van der Waals surface area contributed by atoms with E-state index in [1.54, 1.807) is 18.4 Å². The van der Waals surface area contributed by atoms with Crippen LogP contribution in [-0.2, 0) is 20.6 Å². The fourth-order valence-electron chi connectivity index (χ4n) is 2.93. The number of anilines is 2. The van der Waals surface area contributed by atoms with Crippen molar-refractivity contribution in [1.82, 2.24) is 9.13 Å². The summed E-state index contributed by atoms with van der Waals surface area (Å²) in [6, 6.07) is 11.7. The Morgan fingerprint density at radius 2 is 1.85 bits per heavy atom. The first-order valence-corrected chi connectivity index (χ1v) is 9.16. The Hall–Kier alpha value is -3.13. The van der Waals surface area contributed by atoms with Crippen molar-refractivity contribution in [2.75, 3.05) is 4.90 Å². The molecule has 0 radical (unpaired) electrons. The molecule has 0 atom stereocenters. The summed E-state index contributed by atoms with van der Waals surface area (Å²) in [6.07, 6.45) is 1.08. The fraction of sp³-hybridized carbons (Fsp3) is 0.211. The maximum Gasteiger partial charge on any atom is 0.332 e. The summed E-state index contributed by atoms with van der Waals surface area (Å²) in [5, 5.41) is 14.1. The molecule has 0 saturated carbocycles. The van der Waals surface area contributed by atoms with Gasteiger partial charge in [-0.15, -0.1) is 11.3 Å². The van der Waals surface area contributed by atoms with E-state index < -0.39 is 11.2 Å². The van der Waals surface area contributed by atoms with Crippen molar-refractivity contribution < 1.29 is 5.21 Å². The van der Waals surface area contributed by atoms with Gasteiger partial charge in [-0.05, 0) is 30.5 Å². The lowest BCUT2D eigenvalue weighted by atomic mass is 10.2. The summed E-state index contributed by atoms with van der Waals surface area (Å²) in [5.74, 6) is 0.373. The molecule has 1 N–H and O–H groups in total. The maximum atomic E-state index is 12.7. The van der Waals surface area contributed by atoms with E-state index in [0.717, 1.165) is 26.9 Å². The summed E-state index contributed by atoms with van der Waals surface area (Å²) < 4.78 is 2.39. The Labute approximate surface area is 160 Å². The zero-order valence-corrected chi connectivity index (χ0v) is 16.1. The van der Waals surface area contributed by atoms with Crippen LogP contribution in [0.25, 0.3) is 0 Å². The van der Waals surface area contributed by atoms with Gasteiger partial charge in [0.15, 0.2) is 0 Å². The summed E-state index contributed by atoms with van der Waals surface area (Å²) in [4.78, 5) is 28.2. The summed E-state index contributed by atoms with van der Waals surface area (Å²) >= 11 is 1.58. The molecule has 8 heteroatoms. The van der Waals surface area contributed by atoms with Crippen LogP contribution in [0.2, 0.25) is 0 Å². The molecule has 27 heavy (non-hydrogen) atoms. The minimum Gasteiger partial charge on any atom is -0.411 e. The number of hydrogen-bond donors (Lipinski definition) is 1. The molecular weight excluding hydrogens is 364 g/mol. The number of oxime groups is 1. The van der Waals surface area contributed by atoms with Crippen LogP contribution < -0.4 is 16.1 Å². The number of rotatable bonds is 5. The molecule has 0 fully saturated rings. The molecule has 140 valence electrons. The van der Waals surface area contributed by atoms with Gasteiger partial charge < -0.3 is 10.1 Å². The van der Waals surface area contributed by atoms with E-state index in [4.69, 9.17) is 5.21 Å². The van der Waals surface area contributed by atoms with E-state index in [1.165, 1.54) is 11.6 Å². The minimum absolute atomic E-state index is 0.138. The van der Waals surface area contributed by atoms with Gasteiger partial charge in [0.1, 0.15) is 11.4 Å². The summed E-state index contributed by atoms with van der Waals surface area (Å²) in [7, 11) is 3.00. The van der Waals surface area contributed by atoms with E-state index in [-0.39, 0.29) is 5.56 Å². The Morgan fingerprint density at radius 3 is 2.44 bits per heavy atom. The van der Waals surface area contributed by atoms with Gasteiger partial charge in [-0.2, -0.15) is 0 Å². The molecule has 0 unspecified atom stereocenters. The molecule has 3 aromatic rings. The Kier molecular flexibility index (Phi) is 5.27. The number of aromatic nitrogens is 2. The molecule has 0 aliphatic carbocycles. The number of aryl methyl sites for hydroxylation is 1. The zero-order valence-electron chi connectivity index (χ0n) is 15.3. The Balaban J connectivity index is 2.30. The largest absolute Gasteiger partial charge is 0.411 e. The molecule has 0 aliphatic heterocycles. The first-order valence-electron chi connectivity index (χ1n) is 8.28. The number of thiophene rings is 1. The highest BCUT2D eigenvalue weighted by atomic mass is 32.1. The predicted octanol–water partition coefficient (Wildman–Crippen LogP) is 2.60. The topological polar surface area (TPSA) is 79.8 Å². The first kappa shape index (κ1) is 18.7. The van der Waals surface area contributed by atoms with Crippen molar-refractivity contribution in [1.29, 1.82) is 0 Å². The van der Waals surface area contributed by atoms with Crippen molar-refractivity contribution in [2.24, 2.45) is 19.3 Å². The van der Waals surface area contributed by atoms with Gasteiger partial charge in [-0.3, -0.25) is 13.9 Å². The number of nitrogens with zero attached hydrogens (tertiary/aromatic N) is 4. The van der Waals surface area contributed by atoms with Crippen molar-refractivity contribution in [2.45, 2.75) is 13.5 Å². The maximum absolute atomic E-state index is 12.7. The van der Waals surface area contributed by atoms with E-state index in [0.29, 0.717) is 12.4 Å². The molecule has 2 heterocycles. The lowest BCUT2D eigenvalue weighted by molar-refractivity contribution is 0.321. The molecule has 1 aromatic carbocycles. The van der Waals surface area contributed by atoms with Crippen LogP contribution in [0, 0.1) is 6.92 Å². The summed E-state index contributed by atoms with van der Waals surface area (Å²) in [6.45, 7) is 2.46. The second-order valence-electron chi connectivity index (χ2n) is 6.19. The minimum atomic E-state index is -0.519.